The average molecular weight is 224 g/mol. The summed E-state index contributed by atoms with van der Waals surface area (Å²) in [5.74, 6) is 2.90. The highest BCUT2D eigenvalue weighted by Gasteiger charge is 2.27. The Morgan fingerprint density at radius 2 is 2.12 bits per heavy atom. The van der Waals surface area contributed by atoms with Crippen molar-refractivity contribution in [1.29, 1.82) is 0 Å². The van der Waals surface area contributed by atoms with Gasteiger partial charge in [-0.25, -0.2) is 0 Å². The summed E-state index contributed by atoms with van der Waals surface area (Å²) < 4.78 is 0. The van der Waals surface area contributed by atoms with Crippen molar-refractivity contribution in [2.45, 2.75) is 52.0 Å². The van der Waals surface area contributed by atoms with Gasteiger partial charge in [0.25, 0.3) is 0 Å². The predicted octanol–water partition coefficient (Wildman–Crippen LogP) is 2.40. The Balaban J connectivity index is 1.57. The van der Waals surface area contributed by atoms with Crippen molar-refractivity contribution in [3.63, 3.8) is 0 Å². The van der Waals surface area contributed by atoms with Crippen molar-refractivity contribution in [2.24, 2.45) is 17.8 Å². The van der Waals surface area contributed by atoms with E-state index in [4.69, 9.17) is 0 Å². The van der Waals surface area contributed by atoms with Crippen LogP contribution in [0.1, 0.15) is 46.0 Å². The summed E-state index contributed by atoms with van der Waals surface area (Å²) in [5, 5.41) is 7.30. The first-order valence-electron chi connectivity index (χ1n) is 7.23. The summed E-state index contributed by atoms with van der Waals surface area (Å²) in [7, 11) is 0. The maximum Gasteiger partial charge on any atom is 0.0195 e. The summed E-state index contributed by atoms with van der Waals surface area (Å²) in [6.45, 7) is 8.35. The molecule has 0 spiro atoms. The third kappa shape index (κ3) is 3.74. The Hall–Kier alpha value is -0.0800. The minimum absolute atomic E-state index is 0.727. The first-order chi connectivity index (χ1) is 7.79. The van der Waals surface area contributed by atoms with Crippen LogP contribution in [-0.2, 0) is 0 Å². The molecule has 3 atom stereocenters. The lowest BCUT2D eigenvalue weighted by Crippen LogP contribution is -2.45. The molecule has 2 N–H and O–H groups in total. The lowest BCUT2D eigenvalue weighted by molar-refractivity contribution is 0.284. The highest BCUT2D eigenvalue weighted by Crippen LogP contribution is 2.36. The summed E-state index contributed by atoms with van der Waals surface area (Å²) >= 11 is 0. The zero-order valence-corrected chi connectivity index (χ0v) is 11.0. The van der Waals surface area contributed by atoms with E-state index >= 15 is 0 Å². The van der Waals surface area contributed by atoms with Crippen molar-refractivity contribution in [1.82, 2.24) is 10.6 Å². The molecule has 94 valence electrons. The van der Waals surface area contributed by atoms with Gasteiger partial charge in [-0.1, -0.05) is 20.3 Å². The second kappa shape index (κ2) is 6.02. The number of hydrogen-bond acceptors (Lipinski definition) is 2. The van der Waals surface area contributed by atoms with E-state index in [1.54, 1.807) is 0 Å². The fraction of sp³-hybridized carbons (Fsp3) is 1.00. The zero-order valence-electron chi connectivity index (χ0n) is 11.0. The van der Waals surface area contributed by atoms with E-state index in [1.807, 2.05) is 0 Å². The predicted molar refractivity (Wildman–Crippen MR) is 69.6 cm³/mol. The molecule has 1 aliphatic carbocycles. The summed E-state index contributed by atoms with van der Waals surface area (Å²) in [4.78, 5) is 0. The summed E-state index contributed by atoms with van der Waals surface area (Å²) in [5.41, 5.74) is 0. The molecule has 2 heteroatoms. The molecule has 1 aliphatic heterocycles. The van der Waals surface area contributed by atoms with Gasteiger partial charge in [0.05, 0.1) is 0 Å². The van der Waals surface area contributed by atoms with Crippen LogP contribution >= 0.6 is 0 Å². The molecule has 2 fully saturated rings. The molecule has 1 saturated heterocycles. The van der Waals surface area contributed by atoms with E-state index in [9.17, 15) is 0 Å². The minimum atomic E-state index is 0.727. The van der Waals surface area contributed by atoms with Crippen LogP contribution < -0.4 is 10.6 Å². The molecule has 0 bridgehead atoms. The van der Waals surface area contributed by atoms with E-state index in [2.05, 4.69) is 24.5 Å². The second-order valence-corrected chi connectivity index (χ2v) is 5.92. The molecule has 0 aromatic carbocycles. The molecule has 1 heterocycles. The van der Waals surface area contributed by atoms with Gasteiger partial charge in [0.15, 0.2) is 0 Å². The first-order valence-corrected chi connectivity index (χ1v) is 7.23. The number of hydrogen-bond donors (Lipinski definition) is 2. The van der Waals surface area contributed by atoms with Crippen LogP contribution in [0.2, 0.25) is 0 Å². The average Bonchev–Trinajstić information content (AvgIpc) is 3.13. The van der Waals surface area contributed by atoms with E-state index in [-0.39, 0.29) is 0 Å². The SMILES string of the molecule is CCC1CCNC(CNCC(C)C2CC2)C1. The largest absolute Gasteiger partial charge is 0.315 e. The van der Waals surface area contributed by atoms with Gasteiger partial charge in [0.1, 0.15) is 0 Å². The third-order valence-electron chi connectivity index (χ3n) is 4.46. The summed E-state index contributed by atoms with van der Waals surface area (Å²) in [6.07, 6.45) is 7.06. The van der Waals surface area contributed by atoms with Crippen LogP contribution in [0.15, 0.2) is 0 Å². The van der Waals surface area contributed by atoms with Crippen LogP contribution in [0.25, 0.3) is 0 Å². The zero-order chi connectivity index (χ0) is 11.4. The Kier molecular flexibility index (Phi) is 4.66. The third-order valence-corrected chi connectivity index (χ3v) is 4.46. The van der Waals surface area contributed by atoms with E-state index < -0.39 is 0 Å². The highest BCUT2D eigenvalue weighted by molar-refractivity contribution is 4.82. The molecule has 0 radical (unpaired) electrons. The van der Waals surface area contributed by atoms with Crippen molar-refractivity contribution in [3.8, 4) is 0 Å². The Morgan fingerprint density at radius 1 is 1.31 bits per heavy atom. The van der Waals surface area contributed by atoms with Crippen LogP contribution in [-0.4, -0.2) is 25.7 Å². The molecule has 3 unspecified atom stereocenters. The van der Waals surface area contributed by atoms with Crippen LogP contribution in [0.4, 0.5) is 0 Å². The quantitative estimate of drug-likeness (QED) is 0.724. The van der Waals surface area contributed by atoms with Crippen molar-refractivity contribution >= 4 is 0 Å². The summed E-state index contributed by atoms with van der Waals surface area (Å²) in [6, 6.07) is 0.727. The van der Waals surface area contributed by atoms with Gasteiger partial charge in [0, 0.05) is 12.6 Å². The van der Waals surface area contributed by atoms with Crippen LogP contribution in [0.5, 0.6) is 0 Å². The minimum Gasteiger partial charge on any atom is -0.315 e. The Labute approximate surface area is 101 Å². The van der Waals surface area contributed by atoms with Gasteiger partial charge in [-0.2, -0.15) is 0 Å². The monoisotopic (exact) mass is 224 g/mol. The maximum absolute atomic E-state index is 3.66. The van der Waals surface area contributed by atoms with Gasteiger partial charge >= 0.3 is 0 Å². The van der Waals surface area contributed by atoms with Gasteiger partial charge < -0.3 is 10.6 Å². The molecule has 0 amide bonds. The van der Waals surface area contributed by atoms with E-state index in [1.165, 1.54) is 51.7 Å². The van der Waals surface area contributed by atoms with Crippen molar-refractivity contribution < 1.29 is 0 Å². The van der Waals surface area contributed by atoms with Crippen molar-refractivity contribution in [3.05, 3.63) is 0 Å². The number of nitrogens with one attached hydrogen (secondary N) is 2. The lowest BCUT2D eigenvalue weighted by Gasteiger charge is -2.30. The lowest BCUT2D eigenvalue weighted by atomic mass is 9.90. The molecule has 16 heavy (non-hydrogen) atoms. The Bertz CT molecular complexity index is 201. The maximum atomic E-state index is 3.66. The molecule has 2 aliphatic rings. The van der Waals surface area contributed by atoms with Gasteiger partial charge in [0.2, 0.25) is 0 Å². The van der Waals surface area contributed by atoms with Gasteiger partial charge in [-0.3, -0.25) is 0 Å². The van der Waals surface area contributed by atoms with Gasteiger partial charge in [-0.15, -0.1) is 0 Å². The van der Waals surface area contributed by atoms with Gasteiger partial charge in [-0.05, 0) is 56.5 Å². The number of piperidine rings is 1. The van der Waals surface area contributed by atoms with E-state index in [0.29, 0.717) is 0 Å². The molecule has 1 saturated carbocycles. The fourth-order valence-electron chi connectivity index (χ4n) is 2.94. The van der Waals surface area contributed by atoms with Crippen LogP contribution in [0.3, 0.4) is 0 Å². The molecule has 2 nitrogen and oxygen atoms in total. The molecule has 0 aromatic rings. The highest BCUT2D eigenvalue weighted by atomic mass is 15.0. The standard InChI is InChI=1S/C14H28N2/c1-3-12-6-7-16-14(8-12)10-15-9-11(2)13-4-5-13/h11-16H,3-10H2,1-2H3. The van der Waals surface area contributed by atoms with E-state index in [0.717, 1.165) is 23.8 Å². The smallest absolute Gasteiger partial charge is 0.0195 e. The molecule has 0 aromatic heterocycles. The fourth-order valence-corrected chi connectivity index (χ4v) is 2.94. The topological polar surface area (TPSA) is 24.1 Å². The van der Waals surface area contributed by atoms with Crippen molar-refractivity contribution in [2.75, 3.05) is 19.6 Å². The molecule has 2 rings (SSSR count). The normalized spacial score (nSPS) is 32.6. The Morgan fingerprint density at radius 3 is 2.81 bits per heavy atom. The molecular formula is C14H28N2. The van der Waals surface area contributed by atoms with Crippen LogP contribution in [0, 0.1) is 17.8 Å². The second-order valence-electron chi connectivity index (χ2n) is 5.92. The number of rotatable bonds is 6. The first kappa shape index (κ1) is 12.4. The molecular weight excluding hydrogens is 196 g/mol.